The Balaban J connectivity index is 2.33. The molecular weight excluding hydrogens is 219 g/mol. The van der Waals surface area contributed by atoms with Crippen LogP contribution >= 0.6 is 0 Å². The molecular formula is C11H20F3NO. The molecule has 1 heterocycles. The molecule has 0 saturated carbocycles. The first-order valence-corrected chi connectivity index (χ1v) is 5.78. The van der Waals surface area contributed by atoms with E-state index in [0.717, 1.165) is 19.5 Å². The summed E-state index contributed by atoms with van der Waals surface area (Å²) in [4.78, 5) is 2.11. The van der Waals surface area contributed by atoms with E-state index in [9.17, 15) is 18.3 Å². The van der Waals surface area contributed by atoms with Gasteiger partial charge in [0.15, 0.2) is 0 Å². The molecule has 1 atom stereocenters. The Morgan fingerprint density at radius 3 is 2.56 bits per heavy atom. The Labute approximate surface area is 94.4 Å². The summed E-state index contributed by atoms with van der Waals surface area (Å²) in [6.45, 7) is 1.68. The summed E-state index contributed by atoms with van der Waals surface area (Å²) in [5.74, 6) is 0. The van der Waals surface area contributed by atoms with Crippen LogP contribution in [0.3, 0.4) is 0 Å². The molecule has 96 valence electrons. The van der Waals surface area contributed by atoms with Crippen LogP contribution in [0.4, 0.5) is 13.2 Å². The summed E-state index contributed by atoms with van der Waals surface area (Å²) >= 11 is 0. The van der Waals surface area contributed by atoms with Crippen molar-refractivity contribution in [2.45, 2.75) is 50.3 Å². The van der Waals surface area contributed by atoms with Crippen molar-refractivity contribution in [1.29, 1.82) is 0 Å². The predicted octanol–water partition coefficient (Wildman–Crippen LogP) is 2.57. The van der Waals surface area contributed by atoms with Gasteiger partial charge in [-0.05, 0) is 45.7 Å². The zero-order valence-electron chi connectivity index (χ0n) is 9.69. The van der Waals surface area contributed by atoms with Gasteiger partial charge in [0.2, 0.25) is 0 Å². The molecule has 0 bridgehead atoms. The summed E-state index contributed by atoms with van der Waals surface area (Å²) in [5, 5.41) is 10.2. The Hall–Kier alpha value is -0.290. The highest BCUT2D eigenvalue weighted by molar-refractivity contribution is 4.82. The quantitative estimate of drug-likeness (QED) is 0.818. The minimum absolute atomic E-state index is 0.0315. The average molecular weight is 239 g/mol. The first-order chi connectivity index (χ1) is 7.31. The maximum Gasteiger partial charge on any atom is 0.389 e. The van der Waals surface area contributed by atoms with E-state index in [1.807, 2.05) is 7.05 Å². The Morgan fingerprint density at radius 2 is 1.94 bits per heavy atom. The van der Waals surface area contributed by atoms with Crippen molar-refractivity contribution in [3.05, 3.63) is 0 Å². The van der Waals surface area contributed by atoms with Gasteiger partial charge in [-0.1, -0.05) is 0 Å². The van der Waals surface area contributed by atoms with E-state index in [0.29, 0.717) is 12.8 Å². The highest BCUT2D eigenvalue weighted by atomic mass is 19.4. The van der Waals surface area contributed by atoms with Crippen LogP contribution < -0.4 is 0 Å². The van der Waals surface area contributed by atoms with E-state index < -0.39 is 18.2 Å². The predicted molar refractivity (Wildman–Crippen MR) is 56.2 cm³/mol. The monoisotopic (exact) mass is 239 g/mol. The molecule has 0 spiro atoms. The third-order valence-corrected chi connectivity index (χ3v) is 3.24. The van der Waals surface area contributed by atoms with Crippen molar-refractivity contribution >= 4 is 0 Å². The zero-order chi connectivity index (χ0) is 12.2. The maximum absolute atomic E-state index is 12.0. The molecule has 1 rings (SSSR count). The normalized spacial score (nSPS) is 29.1. The van der Waals surface area contributed by atoms with E-state index in [1.54, 1.807) is 0 Å². The van der Waals surface area contributed by atoms with Gasteiger partial charge in [-0.3, -0.25) is 0 Å². The first-order valence-electron chi connectivity index (χ1n) is 5.78. The van der Waals surface area contributed by atoms with Gasteiger partial charge in [-0.15, -0.1) is 0 Å². The molecule has 1 aliphatic rings. The number of hydrogen-bond acceptors (Lipinski definition) is 2. The van der Waals surface area contributed by atoms with E-state index >= 15 is 0 Å². The summed E-state index contributed by atoms with van der Waals surface area (Å²) in [5.41, 5.74) is -0.879. The Kier molecular flexibility index (Phi) is 4.62. The molecule has 16 heavy (non-hydrogen) atoms. The number of likely N-dealkylation sites (tertiary alicyclic amines) is 1. The Morgan fingerprint density at radius 1 is 1.25 bits per heavy atom. The van der Waals surface area contributed by atoms with E-state index in [-0.39, 0.29) is 12.8 Å². The van der Waals surface area contributed by atoms with Gasteiger partial charge in [0.25, 0.3) is 0 Å². The van der Waals surface area contributed by atoms with Crippen molar-refractivity contribution < 1.29 is 18.3 Å². The smallest absolute Gasteiger partial charge is 0.389 e. The van der Waals surface area contributed by atoms with Gasteiger partial charge in [-0.2, -0.15) is 13.2 Å². The van der Waals surface area contributed by atoms with E-state index in [1.165, 1.54) is 0 Å². The molecule has 0 radical (unpaired) electrons. The molecule has 1 aliphatic heterocycles. The van der Waals surface area contributed by atoms with Crippen molar-refractivity contribution in [2.75, 3.05) is 20.1 Å². The number of alkyl halides is 3. The summed E-state index contributed by atoms with van der Waals surface area (Å²) in [7, 11) is 1.97. The lowest BCUT2D eigenvalue weighted by Crippen LogP contribution is -2.30. The summed E-state index contributed by atoms with van der Waals surface area (Å²) in [6.07, 6.45) is -2.53. The highest BCUT2D eigenvalue weighted by Gasteiger charge is 2.32. The standard InChI is InChI=1S/C11H20F3NO/c1-15-8-3-5-10(16,7-9-15)4-2-6-11(12,13)14/h16H,2-9H2,1H3. The van der Waals surface area contributed by atoms with Gasteiger partial charge in [0.05, 0.1) is 5.60 Å². The van der Waals surface area contributed by atoms with Gasteiger partial charge in [-0.25, -0.2) is 0 Å². The maximum atomic E-state index is 12.0. The largest absolute Gasteiger partial charge is 0.390 e. The lowest BCUT2D eigenvalue weighted by Gasteiger charge is -2.26. The van der Waals surface area contributed by atoms with Crippen molar-refractivity contribution in [1.82, 2.24) is 4.90 Å². The van der Waals surface area contributed by atoms with Gasteiger partial charge in [0.1, 0.15) is 0 Å². The molecule has 1 saturated heterocycles. The molecule has 5 heteroatoms. The minimum Gasteiger partial charge on any atom is -0.390 e. The molecule has 1 fully saturated rings. The molecule has 0 aromatic carbocycles. The molecule has 2 nitrogen and oxygen atoms in total. The number of hydrogen-bond donors (Lipinski definition) is 1. The van der Waals surface area contributed by atoms with Crippen molar-refractivity contribution in [3.8, 4) is 0 Å². The SMILES string of the molecule is CN1CCCC(O)(CCCC(F)(F)F)CC1. The Bertz CT molecular complexity index is 220. The fourth-order valence-electron chi connectivity index (χ4n) is 2.18. The van der Waals surface area contributed by atoms with Crippen molar-refractivity contribution in [3.63, 3.8) is 0 Å². The molecule has 1 unspecified atom stereocenters. The average Bonchev–Trinajstić information content (AvgIpc) is 2.27. The molecule has 1 N–H and O–H groups in total. The second-order valence-electron chi connectivity index (χ2n) is 4.85. The van der Waals surface area contributed by atoms with Crippen LogP contribution in [0.25, 0.3) is 0 Å². The van der Waals surface area contributed by atoms with Crippen LogP contribution in [0.5, 0.6) is 0 Å². The van der Waals surface area contributed by atoms with Gasteiger partial charge in [0, 0.05) is 13.0 Å². The first kappa shape index (κ1) is 13.8. The minimum atomic E-state index is -4.10. The fraction of sp³-hybridized carbons (Fsp3) is 1.00. The summed E-state index contributed by atoms with van der Waals surface area (Å²) < 4.78 is 36.0. The van der Waals surface area contributed by atoms with Gasteiger partial charge >= 0.3 is 6.18 Å². The molecule has 0 aromatic heterocycles. The topological polar surface area (TPSA) is 23.5 Å². The summed E-state index contributed by atoms with van der Waals surface area (Å²) in [6, 6.07) is 0. The van der Waals surface area contributed by atoms with E-state index in [2.05, 4.69) is 4.90 Å². The highest BCUT2D eigenvalue weighted by Crippen LogP contribution is 2.30. The second kappa shape index (κ2) is 5.36. The van der Waals surface area contributed by atoms with Crippen LogP contribution in [0.2, 0.25) is 0 Å². The number of halogens is 3. The van der Waals surface area contributed by atoms with Crippen LogP contribution in [-0.2, 0) is 0 Å². The van der Waals surface area contributed by atoms with Crippen LogP contribution in [0.1, 0.15) is 38.5 Å². The number of nitrogens with zero attached hydrogens (tertiary/aromatic N) is 1. The number of rotatable bonds is 3. The van der Waals surface area contributed by atoms with Crippen LogP contribution in [0, 0.1) is 0 Å². The van der Waals surface area contributed by atoms with E-state index in [4.69, 9.17) is 0 Å². The number of aliphatic hydroxyl groups is 1. The zero-order valence-corrected chi connectivity index (χ0v) is 9.69. The second-order valence-corrected chi connectivity index (χ2v) is 4.85. The van der Waals surface area contributed by atoms with Gasteiger partial charge < -0.3 is 10.0 Å². The molecule has 0 aromatic rings. The lowest BCUT2D eigenvalue weighted by molar-refractivity contribution is -0.138. The third-order valence-electron chi connectivity index (χ3n) is 3.24. The fourth-order valence-corrected chi connectivity index (χ4v) is 2.18. The lowest BCUT2D eigenvalue weighted by atomic mass is 9.89. The van der Waals surface area contributed by atoms with Crippen molar-refractivity contribution in [2.24, 2.45) is 0 Å². The third kappa shape index (κ3) is 5.16. The molecule has 0 aliphatic carbocycles. The molecule has 0 amide bonds. The van der Waals surface area contributed by atoms with Crippen LogP contribution in [0.15, 0.2) is 0 Å². The van der Waals surface area contributed by atoms with Crippen LogP contribution in [-0.4, -0.2) is 41.9 Å².